The second kappa shape index (κ2) is 9.47. The fourth-order valence-electron chi connectivity index (χ4n) is 3.32. The average molecular weight is 401 g/mol. The van der Waals surface area contributed by atoms with Crippen molar-refractivity contribution in [2.75, 3.05) is 45.7 Å². The number of furan rings is 1. The third-order valence-corrected chi connectivity index (χ3v) is 4.98. The molecule has 2 heterocycles. The minimum absolute atomic E-state index is 0.105. The Morgan fingerprint density at radius 1 is 1.10 bits per heavy atom. The van der Waals surface area contributed by atoms with Gasteiger partial charge in [-0.2, -0.15) is 0 Å². The molecule has 0 radical (unpaired) electrons. The maximum atomic E-state index is 12.7. The molecule has 0 atom stereocenters. The Bertz CT molecular complexity index is 864. The van der Waals surface area contributed by atoms with Crippen LogP contribution in [-0.2, 0) is 11.3 Å². The number of urea groups is 1. The zero-order valence-corrected chi connectivity index (χ0v) is 17.1. The molecule has 1 aliphatic heterocycles. The van der Waals surface area contributed by atoms with Crippen molar-refractivity contribution in [3.8, 4) is 5.75 Å². The number of benzene rings is 1. The number of hydrogen-bond donors (Lipinski definition) is 1. The van der Waals surface area contributed by atoms with Crippen LogP contribution in [0.4, 0.5) is 10.5 Å². The first kappa shape index (κ1) is 20.7. The lowest BCUT2D eigenvalue weighted by molar-refractivity contribution is 0.0561. The number of rotatable bonds is 5. The second-order valence-corrected chi connectivity index (χ2v) is 6.99. The van der Waals surface area contributed by atoms with Crippen LogP contribution in [0.25, 0.3) is 0 Å². The lowest BCUT2D eigenvalue weighted by Gasteiger charge is -2.22. The van der Waals surface area contributed by atoms with Crippen LogP contribution in [0.15, 0.2) is 34.7 Å². The molecule has 0 bridgehead atoms. The van der Waals surface area contributed by atoms with E-state index in [2.05, 4.69) is 15.0 Å². The molecule has 2 aromatic rings. The Morgan fingerprint density at radius 3 is 2.66 bits per heavy atom. The summed E-state index contributed by atoms with van der Waals surface area (Å²) in [4.78, 5) is 28.3. The second-order valence-electron chi connectivity index (χ2n) is 6.99. The number of anilines is 1. The zero-order valence-electron chi connectivity index (χ0n) is 17.1. The Hall–Kier alpha value is -3.00. The third-order valence-electron chi connectivity index (χ3n) is 4.98. The molecule has 1 fully saturated rings. The van der Waals surface area contributed by atoms with Crippen LogP contribution < -0.4 is 10.1 Å². The van der Waals surface area contributed by atoms with Gasteiger partial charge in [-0.25, -0.2) is 9.59 Å². The molecule has 0 aliphatic carbocycles. The number of carbonyl (C=O) groups is 2. The normalized spacial score (nSPS) is 14.9. The highest BCUT2D eigenvalue weighted by molar-refractivity contribution is 5.90. The van der Waals surface area contributed by atoms with Crippen molar-refractivity contribution in [3.63, 3.8) is 0 Å². The highest BCUT2D eigenvalue weighted by Gasteiger charge is 2.21. The van der Waals surface area contributed by atoms with E-state index in [0.717, 1.165) is 36.5 Å². The number of amides is 2. The lowest BCUT2D eigenvalue weighted by atomic mass is 10.2. The van der Waals surface area contributed by atoms with Gasteiger partial charge in [0.2, 0.25) is 5.76 Å². The molecule has 1 aromatic heterocycles. The van der Waals surface area contributed by atoms with Crippen LogP contribution in [0.1, 0.15) is 28.3 Å². The van der Waals surface area contributed by atoms with E-state index in [-0.39, 0.29) is 11.8 Å². The molecule has 2 amide bonds. The van der Waals surface area contributed by atoms with Gasteiger partial charge in [-0.05, 0) is 49.2 Å². The fourth-order valence-corrected chi connectivity index (χ4v) is 3.32. The fraction of sp³-hybridized carbons (Fsp3) is 0.429. The van der Waals surface area contributed by atoms with Crippen LogP contribution in [0.3, 0.4) is 0 Å². The van der Waals surface area contributed by atoms with Gasteiger partial charge in [0.15, 0.2) is 0 Å². The maximum absolute atomic E-state index is 12.7. The molecule has 3 rings (SSSR count). The van der Waals surface area contributed by atoms with Gasteiger partial charge in [-0.3, -0.25) is 4.90 Å². The molecule has 29 heavy (non-hydrogen) atoms. The van der Waals surface area contributed by atoms with Gasteiger partial charge < -0.3 is 24.1 Å². The van der Waals surface area contributed by atoms with E-state index >= 15 is 0 Å². The number of hydrogen-bond acceptors (Lipinski definition) is 6. The van der Waals surface area contributed by atoms with Crippen LogP contribution in [0, 0.1) is 6.92 Å². The number of nitrogens with zero attached hydrogens (tertiary/aromatic N) is 2. The van der Waals surface area contributed by atoms with E-state index in [1.54, 1.807) is 19.2 Å². The van der Waals surface area contributed by atoms with Crippen molar-refractivity contribution in [2.45, 2.75) is 19.9 Å². The topological polar surface area (TPSA) is 84.2 Å². The summed E-state index contributed by atoms with van der Waals surface area (Å²) in [6.45, 7) is 5.40. The van der Waals surface area contributed by atoms with Crippen LogP contribution in [-0.4, -0.2) is 62.2 Å². The first-order chi connectivity index (χ1) is 14.0. The number of nitrogens with one attached hydrogen (secondary N) is 1. The van der Waals surface area contributed by atoms with Gasteiger partial charge in [-0.1, -0.05) is 0 Å². The van der Waals surface area contributed by atoms with Gasteiger partial charge >= 0.3 is 12.0 Å². The molecule has 8 nitrogen and oxygen atoms in total. The number of ether oxygens (including phenoxy) is 2. The molecule has 8 heteroatoms. The summed E-state index contributed by atoms with van der Waals surface area (Å²) in [7, 11) is 2.95. The van der Waals surface area contributed by atoms with Crippen LogP contribution >= 0.6 is 0 Å². The summed E-state index contributed by atoms with van der Waals surface area (Å²) in [6, 6.07) is 8.88. The van der Waals surface area contributed by atoms with E-state index in [1.165, 1.54) is 7.11 Å². The summed E-state index contributed by atoms with van der Waals surface area (Å²) >= 11 is 0. The number of methoxy groups -OCH3 is 2. The van der Waals surface area contributed by atoms with Gasteiger partial charge in [0.25, 0.3) is 0 Å². The van der Waals surface area contributed by atoms with Crippen molar-refractivity contribution in [3.05, 3.63) is 47.4 Å². The largest absolute Gasteiger partial charge is 0.497 e. The number of esters is 1. The van der Waals surface area contributed by atoms with Crippen molar-refractivity contribution >= 4 is 17.7 Å². The smallest absolute Gasteiger partial charge is 0.373 e. The first-order valence-corrected chi connectivity index (χ1v) is 9.60. The minimum Gasteiger partial charge on any atom is -0.497 e. The summed E-state index contributed by atoms with van der Waals surface area (Å²) in [6.07, 6.45) is 0.861. The Labute approximate surface area is 170 Å². The molecule has 156 valence electrons. The SMILES string of the molecule is COC(=O)c1ccc(CN2CCCN(C(=O)Nc3ccc(OC)cc3C)CC2)o1. The minimum atomic E-state index is -0.483. The maximum Gasteiger partial charge on any atom is 0.373 e. The predicted octanol–water partition coefficient (Wildman–Crippen LogP) is 3.12. The molecule has 1 aliphatic rings. The molecule has 0 spiro atoms. The molecule has 0 saturated carbocycles. The quantitative estimate of drug-likeness (QED) is 0.775. The van der Waals surface area contributed by atoms with E-state index in [0.29, 0.717) is 25.4 Å². The summed E-state index contributed by atoms with van der Waals surface area (Å²) in [5.74, 6) is 1.19. The highest BCUT2D eigenvalue weighted by Crippen LogP contribution is 2.21. The van der Waals surface area contributed by atoms with E-state index < -0.39 is 5.97 Å². The average Bonchev–Trinajstić information content (AvgIpc) is 3.06. The standard InChI is InChI=1S/C21H27N3O5/c1-15-13-16(27-2)5-7-18(15)22-21(26)24-10-4-9-23(11-12-24)14-17-6-8-19(29-17)20(25)28-3/h5-8,13H,4,9-12,14H2,1-3H3,(H,22,26). The summed E-state index contributed by atoms with van der Waals surface area (Å²) in [5, 5.41) is 2.99. The predicted molar refractivity (Wildman–Crippen MR) is 108 cm³/mol. The monoisotopic (exact) mass is 401 g/mol. The van der Waals surface area contributed by atoms with Gasteiger partial charge in [0.1, 0.15) is 11.5 Å². The van der Waals surface area contributed by atoms with Crippen molar-refractivity contribution in [1.82, 2.24) is 9.80 Å². The highest BCUT2D eigenvalue weighted by atomic mass is 16.5. The van der Waals surface area contributed by atoms with E-state index in [1.807, 2.05) is 30.0 Å². The van der Waals surface area contributed by atoms with Gasteiger partial charge in [0, 0.05) is 31.9 Å². The summed E-state index contributed by atoms with van der Waals surface area (Å²) < 4.78 is 15.4. The Morgan fingerprint density at radius 2 is 1.93 bits per heavy atom. The lowest BCUT2D eigenvalue weighted by Crippen LogP contribution is -2.38. The van der Waals surface area contributed by atoms with E-state index in [4.69, 9.17) is 9.15 Å². The zero-order chi connectivity index (χ0) is 20.8. The van der Waals surface area contributed by atoms with Crippen molar-refractivity contribution in [2.24, 2.45) is 0 Å². The van der Waals surface area contributed by atoms with Crippen LogP contribution in [0.2, 0.25) is 0 Å². The molecular formula is C21H27N3O5. The molecule has 1 aromatic carbocycles. The van der Waals surface area contributed by atoms with Crippen LogP contribution in [0.5, 0.6) is 5.75 Å². The summed E-state index contributed by atoms with van der Waals surface area (Å²) in [5.41, 5.74) is 1.73. The number of carbonyl (C=O) groups excluding carboxylic acids is 2. The van der Waals surface area contributed by atoms with Crippen molar-refractivity contribution in [1.29, 1.82) is 0 Å². The molecule has 1 saturated heterocycles. The molecular weight excluding hydrogens is 374 g/mol. The third kappa shape index (κ3) is 5.29. The van der Waals surface area contributed by atoms with Gasteiger partial charge in [-0.15, -0.1) is 0 Å². The Kier molecular flexibility index (Phi) is 6.77. The molecule has 0 unspecified atom stereocenters. The first-order valence-electron chi connectivity index (χ1n) is 9.60. The Balaban J connectivity index is 1.54. The van der Waals surface area contributed by atoms with Crippen molar-refractivity contribution < 1.29 is 23.5 Å². The van der Waals surface area contributed by atoms with Gasteiger partial charge in [0.05, 0.1) is 20.8 Å². The molecule has 1 N–H and O–H groups in total. The number of aryl methyl sites for hydroxylation is 1. The van der Waals surface area contributed by atoms with E-state index in [9.17, 15) is 9.59 Å².